The zero-order valence-electron chi connectivity index (χ0n) is 9.87. The third kappa shape index (κ3) is 2.15. The Morgan fingerprint density at radius 1 is 1.17 bits per heavy atom. The molecular weight excluding hydrogens is 293 g/mol. The van der Waals surface area contributed by atoms with E-state index in [1.165, 1.54) is 17.3 Å². The quantitative estimate of drug-likeness (QED) is 0.805. The number of benzene rings is 2. The summed E-state index contributed by atoms with van der Waals surface area (Å²) < 4.78 is 14.6. The summed E-state index contributed by atoms with van der Waals surface area (Å²) in [5.41, 5.74) is 3.34. The molecule has 92 valence electrons. The summed E-state index contributed by atoms with van der Waals surface area (Å²) in [7, 11) is 0. The molecule has 2 aromatic rings. The molecule has 0 amide bonds. The molecule has 1 aliphatic rings. The minimum atomic E-state index is -0.145. The van der Waals surface area contributed by atoms with E-state index in [4.69, 9.17) is 0 Å². The molecule has 18 heavy (non-hydrogen) atoms. The van der Waals surface area contributed by atoms with Crippen LogP contribution in [0.4, 0.5) is 10.1 Å². The van der Waals surface area contributed by atoms with E-state index in [1.807, 2.05) is 18.2 Å². The van der Waals surface area contributed by atoms with Gasteiger partial charge >= 0.3 is 0 Å². The number of hydrogen-bond donors (Lipinski definition) is 0. The Bertz CT molecular complexity index is 582. The first-order chi connectivity index (χ1) is 8.74. The van der Waals surface area contributed by atoms with Crippen molar-refractivity contribution < 1.29 is 4.39 Å². The number of hydrogen-bond acceptors (Lipinski definition) is 1. The molecule has 3 heteroatoms. The molecule has 0 aromatic heterocycles. The molecular formula is C15H13BrFN. The smallest absolute Gasteiger partial charge is 0.129 e. The van der Waals surface area contributed by atoms with Crippen molar-refractivity contribution >= 4 is 21.6 Å². The van der Waals surface area contributed by atoms with Gasteiger partial charge in [0.1, 0.15) is 5.82 Å². The van der Waals surface area contributed by atoms with Gasteiger partial charge in [-0.1, -0.05) is 40.2 Å². The number of fused-ring (bicyclic) bond motifs is 1. The number of para-hydroxylation sites is 1. The van der Waals surface area contributed by atoms with Gasteiger partial charge in [-0.3, -0.25) is 0 Å². The predicted molar refractivity (Wildman–Crippen MR) is 75.3 cm³/mol. The van der Waals surface area contributed by atoms with E-state index in [9.17, 15) is 4.39 Å². The molecule has 1 aliphatic heterocycles. The Morgan fingerprint density at radius 3 is 2.83 bits per heavy atom. The number of nitrogens with zero attached hydrogens (tertiary/aromatic N) is 1. The van der Waals surface area contributed by atoms with Gasteiger partial charge in [0.15, 0.2) is 0 Å². The van der Waals surface area contributed by atoms with Gasteiger partial charge in [-0.05, 0) is 30.2 Å². The molecule has 0 saturated carbocycles. The summed E-state index contributed by atoms with van der Waals surface area (Å²) in [6.45, 7) is 1.60. The van der Waals surface area contributed by atoms with Crippen molar-refractivity contribution in [1.29, 1.82) is 0 Å². The normalized spacial score (nSPS) is 13.8. The van der Waals surface area contributed by atoms with Crippen LogP contribution < -0.4 is 4.90 Å². The van der Waals surface area contributed by atoms with Crippen LogP contribution in [0.25, 0.3) is 0 Å². The summed E-state index contributed by atoms with van der Waals surface area (Å²) >= 11 is 3.28. The molecule has 3 rings (SSSR count). The van der Waals surface area contributed by atoms with E-state index >= 15 is 0 Å². The average Bonchev–Trinajstić information content (AvgIpc) is 2.76. The molecule has 0 N–H and O–H groups in total. The highest BCUT2D eigenvalue weighted by atomic mass is 79.9. The standard InChI is InChI=1S/C15H13BrFN/c16-13-6-5-12(14(17)9-13)10-18-8-7-11-3-1-2-4-15(11)18/h1-6,9H,7-8,10H2. The van der Waals surface area contributed by atoms with Crippen LogP contribution in [-0.4, -0.2) is 6.54 Å². The van der Waals surface area contributed by atoms with Gasteiger partial charge in [0.05, 0.1) is 0 Å². The van der Waals surface area contributed by atoms with Gasteiger partial charge in [-0.15, -0.1) is 0 Å². The first-order valence-electron chi connectivity index (χ1n) is 6.01. The number of anilines is 1. The number of rotatable bonds is 2. The maximum atomic E-state index is 13.8. The fraction of sp³-hybridized carbons (Fsp3) is 0.200. The second-order valence-electron chi connectivity index (χ2n) is 4.54. The predicted octanol–water partition coefficient (Wildman–Crippen LogP) is 4.15. The van der Waals surface area contributed by atoms with Crippen molar-refractivity contribution in [3.63, 3.8) is 0 Å². The minimum absolute atomic E-state index is 0.145. The molecule has 0 radical (unpaired) electrons. The van der Waals surface area contributed by atoms with Crippen LogP contribution in [0, 0.1) is 5.82 Å². The Hall–Kier alpha value is -1.35. The average molecular weight is 306 g/mol. The SMILES string of the molecule is Fc1cc(Br)ccc1CN1CCc2ccccc21. The van der Waals surface area contributed by atoms with Crippen LogP contribution in [0.15, 0.2) is 46.9 Å². The Kier molecular flexibility index (Phi) is 3.08. The van der Waals surface area contributed by atoms with E-state index in [2.05, 4.69) is 39.0 Å². The first kappa shape index (κ1) is 11.7. The molecule has 0 unspecified atom stereocenters. The van der Waals surface area contributed by atoms with Crippen molar-refractivity contribution in [3.8, 4) is 0 Å². The lowest BCUT2D eigenvalue weighted by Crippen LogP contribution is -2.20. The summed E-state index contributed by atoms with van der Waals surface area (Å²) in [4.78, 5) is 2.24. The van der Waals surface area contributed by atoms with Gasteiger partial charge < -0.3 is 4.90 Å². The van der Waals surface area contributed by atoms with Gasteiger partial charge in [0, 0.05) is 28.8 Å². The van der Waals surface area contributed by atoms with Crippen molar-refractivity contribution in [1.82, 2.24) is 0 Å². The zero-order chi connectivity index (χ0) is 12.5. The van der Waals surface area contributed by atoms with Crippen molar-refractivity contribution in [3.05, 3.63) is 63.9 Å². The Morgan fingerprint density at radius 2 is 2.00 bits per heavy atom. The van der Waals surface area contributed by atoms with Crippen molar-refractivity contribution in [2.45, 2.75) is 13.0 Å². The molecule has 0 fully saturated rings. The second kappa shape index (κ2) is 4.73. The molecule has 1 nitrogen and oxygen atoms in total. The topological polar surface area (TPSA) is 3.24 Å². The lowest BCUT2D eigenvalue weighted by molar-refractivity contribution is 0.605. The van der Waals surface area contributed by atoms with E-state index in [1.54, 1.807) is 0 Å². The Balaban J connectivity index is 1.86. The molecule has 0 bridgehead atoms. The third-order valence-corrected chi connectivity index (χ3v) is 3.85. The third-order valence-electron chi connectivity index (χ3n) is 3.36. The number of halogens is 2. The molecule has 0 spiro atoms. The summed E-state index contributed by atoms with van der Waals surface area (Å²) in [5.74, 6) is -0.145. The monoisotopic (exact) mass is 305 g/mol. The summed E-state index contributed by atoms with van der Waals surface area (Å²) in [6.07, 6.45) is 1.05. The molecule has 1 heterocycles. The first-order valence-corrected chi connectivity index (χ1v) is 6.80. The summed E-state index contributed by atoms with van der Waals surface area (Å²) in [5, 5.41) is 0. The molecule has 0 atom stereocenters. The maximum Gasteiger partial charge on any atom is 0.129 e. The molecule has 0 saturated heterocycles. The molecule has 0 aliphatic carbocycles. The van der Waals surface area contributed by atoms with Crippen LogP contribution >= 0.6 is 15.9 Å². The van der Waals surface area contributed by atoms with Crippen molar-refractivity contribution in [2.24, 2.45) is 0 Å². The van der Waals surface area contributed by atoms with Crippen LogP contribution in [-0.2, 0) is 13.0 Å². The Labute approximate surface area is 114 Å². The zero-order valence-corrected chi connectivity index (χ0v) is 11.5. The maximum absolute atomic E-state index is 13.8. The van der Waals surface area contributed by atoms with E-state index in [-0.39, 0.29) is 5.82 Å². The van der Waals surface area contributed by atoms with Crippen molar-refractivity contribution in [2.75, 3.05) is 11.4 Å². The minimum Gasteiger partial charge on any atom is -0.367 e. The lowest BCUT2D eigenvalue weighted by atomic mass is 10.1. The lowest BCUT2D eigenvalue weighted by Gasteiger charge is -2.19. The van der Waals surface area contributed by atoms with Gasteiger partial charge in [-0.25, -0.2) is 4.39 Å². The van der Waals surface area contributed by atoms with E-state index < -0.39 is 0 Å². The molecule has 2 aromatic carbocycles. The summed E-state index contributed by atoms with van der Waals surface area (Å²) in [6, 6.07) is 13.6. The fourth-order valence-electron chi connectivity index (χ4n) is 2.43. The van der Waals surface area contributed by atoms with Gasteiger partial charge in [0.2, 0.25) is 0 Å². The fourth-order valence-corrected chi connectivity index (χ4v) is 2.76. The second-order valence-corrected chi connectivity index (χ2v) is 5.45. The van der Waals surface area contributed by atoms with Gasteiger partial charge in [0.25, 0.3) is 0 Å². The van der Waals surface area contributed by atoms with E-state index in [0.29, 0.717) is 6.54 Å². The largest absolute Gasteiger partial charge is 0.367 e. The highest BCUT2D eigenvalue weighted by Crippen LogP contribution is 2.29. The van der Waals surface area contributed by atoms with Crippen LogP contribution in [0.1, 0.15) is 11.1 Å². The van der Waals surface area contributed by atoms with Crippen LogP contribution in [0.2, 0.25) is 0 Å². The van der Waals surface area contributed by atoms with Crippen LogP contribution in [0.3, 0.4) is 0 Å². The van der Waals surface area contributed by atoms with E-state index in [0.717, 1.165) is 23.0 Å². The highest BCUT2D eigenvalue weighted by Gasteiger charge is 2.19. The highest BCUT2D eigenvalue weighted by molar-refractivity contribution is 9.10. The van der Waals surface area contributed by atoms with Gasteiger partial charge in [-0.2, -0.15) is 0 Å². The van der Waals surface area contributed by atoms with Crippen LogP contribution in [0.5, 0.6) is 0 Å².